The minimum absolute atomic E-state index is 0.0146. The maximum atomic E-state index is 13.5. The first kappa shape index (κ1) is 21.9. The molecule has 0 aliphatic rings. The molecule has 3 nitrogen and oxygen atoms in total. The molecule has 0 fully saturated rings. The zero-order valence-corrected chi connectivity index (χ0v) is 22.2. The van der Waals surface area contributed by atoms with Gasteiger partial charge in [0, 0.05) is 26.5 Å². The highest BCUT2D eigenvalue weighted by Crippen LogP contribution is 2.41. The SMILES string of the molecule is Cc1cc(C)c2nc3c(C(=O)c4ccc(Br)cc4)sc(SCc4ccc(Br)cc4)c3n2c1. The van der Waals surface area contributed by atoms with Crippen molar-refractivity contribution >= 4 is 77.4 Å². The van der Waals surface area contributed by atoms with E-state index in [1.54, 1.807) is 23.1 Å². The quantitative estimate of drug-likeness (QED) is 0.154. The van der Waals surface area contributed by atoms with Crippen LogP contribution in [0.15, 0.2) is 73.9 Å². The van der Waals surface area contributed by atoms with Gasteiger partial charge in [-0.3, -0.25) is 9.20 Å². The number of hydrogen-bond donors (Lipinski definition) is 0. The van der Waals surface area contributed by atoms with Crippen molar-refractivity contribution in [2.75, 3.05) is 0 Å². The van der Waals surface area contributed by atoms with Gasteiger partial charge in [0.15, 0.2) is 0 Å². The molecule has 3 heterocycles. The third kappa shape index (κ3) is 4.07. The maximum Gasteiger partial charge on any atom is 0.205 e. The van der Waals surface area contributed by atoms with Crippen LogP contribution in [0.5, 0.6) is 0 Å². The number of nitrogens with zero attached hydrogens (tertiary/aromatic N) is 2. The molecule has 5 rings (SSSR count). The van der Waals surface area contributed by atoms with Crippen molar-refractivity contribution in [2.45, 2.75) is 23.8 Å². The Hall–Kier alpha value is -1.93. The van der Waals surface area contributed by atoms with Crippen LogP contribution in [0.1, 0.15) is 31.9 Å². The molecule has 0 radical (unpaired) electrons. The average Bonchev–Trinajstić information content (AvgIpc) is 3.32. The fraction of sp³-hybridized carbons (Fsp3) is 0.120. The van der Waals surface area contributed by atoms with E-state index in [2.05, 4.69) is 86.6 Å². The van der Waals surface area contributed by atoms with Gasteiger partial charge in [0.1, 0.15) is 16.0 Å². The summed E-state index contributed by atoms with van der Waals surface area (Å²) in [6.07, 6.45) is 2.11. The number of aryl methyl sites for hydroxylation is 2. The molecule has 32 heavy (non-hydrogen) atoms. The summed E-state index contributed by atoms with van der Waals surface area (Å²) in [4.78, 5) is 19.1. The number of aromatic nitrogens is 2. The van der Waals surface area contributed by atoms with Crippen molar-refractivity contribution in [1.82, 2.24) is 9.38 Å². The molecule has 0 saturated heterocycles. The lowest BCUT2D eigenvalue weighted by Gasteiger charge is -2.04. The molecule has 160 valence electrons. The summed E-state index contributed by atoms with van der Waals surface area (Å²) < 4.78 is 5.29. The van der Waals surface area contributed by atoms with Crippen molar-refractivity contribution in [2.24, 2.45) is 0 Å². The van der Waals surface area contributed by atoms with Gasteiger partial charge in [-0.2, -0.15) is 0 Å². The molecule has 0 N–H and O–H groups in total. The number of ketones is 1. The third-order valence-corrected chi connectivity index (χ3v) is 8.80. The average molecular weight is 586 g/mol. The number of benzene rings is 2. The number of imidazole rings is 1. The van der Waals surface area contributed by atoms with Crippen LogP contribution in [0.3, 0.4) is 0 Å². The van der Waals surface area contributed by atoms with Gasteiger partial charge in [-0.1, -0.05) is 50.1 Å². The lowest BCUT2D eigenvalue weighted by Crippen LogP contribution is -1.98. The summed E-state index contributed by atoms with van der Waals surface area (Å²) in [5, 5.41) is 0. The molecule has 0 unspecified atom stereocenters. The monoisotopic (exact) mass is 584 g/mol. The number of halogens is 2. The van der Waals surface area contributed by atoms with Gasteiger partial charge < -0.3 is 0 Å². The second-order valence-corrected chi connectivity index (χ2v) is 11.8. The Morgan fingerprint density at radius 3 is 2.38 bits per heavy atom. The Bertz CT molecular complexity index is 1470. The summed E-state index contributed by atoms with van der Waals surface area (Å²) in [5.41, 5.74) is 6.91. The van der Waals surface area contributed by atoms with E-state index in [0.717, 1.165) is 41.2 Å². The lowest BCUT2D eigenvalue weighted by atomic mass is 10.1. The van der Waals surface area contributed by atoms with E-state index < -0.39 is 0 Å². The van der Waals surface area contributed by atoms with Crippen LogP contribution < -0.4 is 0 Å². The number of pyridine rings is 1. The van der Waals surface area contributed by atoms with Crippen LogP contribution in [0.25, 0.3) is 16.7 Å². The van der Waals surface area contributed by atoms with Gasteiger partial charge in [0.25, 0.3) is 0 Å². The largest absolute Gasteiger partial charge is 0.297 e. The Morgan fingerprint density at radius 2 is 1.69 bits per heavy atom. The molecule has 0 spiro atoms. The number of fused-ring (bicyclic) bond motifs is 3. The van der Waals surface area contributed by atoms with E-state index in [1.165, 1.54) is 11.1 Å². The van der Waals surface area contributed by atoms with Crippen LogP contribution >= 0.6 is 55.0 Å². The van der Waals surface area contributed by atoms with Gasteiger partial charge in [0.2, 0.25) is 5.78 Å². The first-order valence-corrected chi connectivity index (χ1v) is 13.4. The molecule has 0 bridgehead atoms. The van der Waals surface area contributed by atoms with Crippen LogP contribution in [0.4, 0.5) is 0 Å². The lowest BCUT2D eigenvalue weighted by molar-refractivity contribution is 0.104. The minimum Gasteiger partial charge on any atom is -0.297 e. The van der Waals surface area contributed by atoms with Crippen LogP contribution in [0.2, 0.25) is 0 Å². The van der Waals surface area contributed by atoms with E-state index in [-0.39, 0.29) is 5.78 Å². The topological polar surface area (TPSA) is 34.4 Å². The minimum atomic E-state index is 0.0146. The van der Waals surface area contributed by atoms with Gasteiger partial charge in [0.05, 0.1) is 9.73 Å². The summed E-state index contributed by atoms with van der Waals surface area (Å²) >= 11 is 10.3. The highest BCUT2D eigenvalue weighted by atomic mass is 79.9. The van der Waals surface area contributed by atoms with Crippen LogP contribution in [-0.4, -0.2) is 15.2 Å². The van der Waals surface area contributed by atoms with Crippen molar-refractivity contribution in [3.8, 4) is 0 Å². The van der Waals surface area contributed by atoms with E-state index in [9.17, 15) is 4.79 Å². The molecule has 0 aliphatic carbocycles. The second kappa shape index (κ2) is 8.78. The zero-order chi connectivity index (χ0) is 22.4. The van der Waals surface area contributed by atoms with Gasteiger partial charge in [-0.15, -0.1) is 23.1 Å². The molecule has 0 atom stereocenters. The number of hydrogen-bond acceptors (Lipinski definition) is 4. The van der Waals surface area contributed by atoms with Gasteiger partial charge in [-0.05, 0) is 66.9 Å². The molecular formula is C25H18Br2N2OS2. The molecule has 0 aliphatic heterocycles. The predicted molar refractivity (Wildman–Crippen MR) is 141 cm³/mol. The van der Waals surface area contributed by atoms with Crippen LogP contribution in [-0.2, 0) is 5.75 Å². The van der Waals surface area contributed by atoms with Crippen molar-refractivity contribution < 1.29 is 4.79 Å². The zero-order valence-electron chi connectivity index (χ0n) is 17.4. The predicted octanol–water partition coefficient (Wildman–Crippen LogP) is 8.21. The smallest absolute Gasteiger partial charge is 0.205 e. The molecule has 5 aromatic rings. The molecule has 3 aromatic heterocycles. The summed E-state index contributed by atoms with van der Waals surface area (Å²) in [6, 6.07) is 18.0. The number of rotatable bonds is 5. The summed E-state index contributed by atoms with van der Waals surface area (Å²) in [6.45, 7) is 4.16. The molecule has 2 aromatic carbocycles. The Morgan fingerprint density at radius 1 is 1.03 bits per heavy atom. The summed E-state index contributed by atoms with van der Waals surface area (Å²) in [5.74, 6) is 0.841. The van der Waals surface area contributed by atoms with E-state index >= 15 is 0 Å². The molecular weight excluding hydrogens is 568 g/mol. The number of carbonyl (C=O) groups excluding carboxylic acids is 1. The first-order valence-electron chi connectivity index (χ1n) is 10.00. The third-order valence-electron chi connectivity index (χ3n) is 5.24. The molecule has 0 saturated carbocycles. The highest BCUT2D eigenvalue weighted by molar-refractivity contribution is 9.10. The number of thioether (sulfide) groups is 1. The fourth-order valence-electron chi connectivity index (χ4n) is 3.74. The Balaban J connectivity index is 1.65. The fourth-order valence-corrected chi connectivity index (χ4v) is 6.68. The first-order chi connectivity index (χ1) is 15.4. The molecule has 0 amide bonds. The maximum absolute atomic E-state index is 13.5. The highest BCUT2D eigenvalue weighted by Gasteiger charge is 2.24. The Labute approximate surface area is 211 Å². The second-order valence-electron chi connectivity index (χ2n) is 7.67. The summed E-state index contributed by atoms with van der Waals surface area (Å²) in [7, 11) is 0. The van der Waals surface area contributed by atoms with E-state index in [4.69, 9.17) is 4.98 Å². The standard InChI is InChI=1S/C25H18Br2N2OS2/c1-14-11-15(2)24-28-20-21(29(24)12-14)25(31-13-16-3-7-18(26)8-4-16)32-23(20)22(30)17-5-9-19(27)10-6-17/h3-12H,13H2,1-2H3. The van der Waals surface area contributed by atoms with E-state index in [1.807, 2.05) is 24.3 Å². The van der Waals surface area contributed by atoms with Crippen molar-refractivity contribution in [3.05, 3.63) is 96.9 Å². The van der Waals surface area contributed by atoms with Crippen molar-refractivity contribution in [3.63, 3.8) is 0 Å². The molecule has 7 heteroatoms. The van der Waals surface area contributed by atoms with Crippen molar-refractivity contribution in [1.29, 1.82) is 0 Å². The van der Waals surface area contributed by atoms with Gasteiger partial charge in [-0.25, -0.2) is 4.98 Å². The normalized spacial score (nSPS) is 11.5. The number of carbonyl (C=O) groups is 1. The van der Waals surface area contributed by atoms with E-state index in [0.29, 0.717) is 10.4 Å². The van der Waals surface area contributed by atoms with Gasteiger partial charge >= 0.3 is 0 Å². The number of thiophene rings is 1. The Kier molecular flexibility index (Phi) is 6.01. The van der Waals surface area contributed by atoms with Crippen LogP contribution in [0, 0.1) is 13.8 Å².